The lowest BCUT2D eigenvalue weighted by molar-refractivity contribution is -0.132. The summed E-state index contributed by atoms with van der Waals surface area (Å²) in [6.07, 6.45) is 4.77. The third-order valence-electron chi connectivity index (χ3n) is 4.97. The van der Waals surface area contributed by atoms with Gasteiger partial charge in [0.15, 0.2) is 0 Å². The first-order valence-electron chi connectivity index (χ1n) is 8.00. The minimum absolute atomic E-state index is 0.274. The minimum atomic E-state index is 0.274. The van der Waals surface area contributed by atoms with Crippen molar-refractivity contribution in [1.82, 2.24) is 9.88 Å². The standard InChI is InChI=1S/C19H20N2O/c1-13-8-16-11-21(12-17(16)10-20-13)19(22)9-15-7-6-14-4-2-3-5-18(14)15/h2-5,8,10,15H,6-7,9,11-12H2,1H3. The number of rotatable bonds is 2. The molecule has 0 saturated heterocycles. The Balaban J connectivity index is 1.47. The predicted molar refractivity (Wildman–Crippen MR) is 85.3 cm³/mol. The summed E-state index contributed by atoms with van der Waals surface area (Å²) >= 11 is 0. The summed E-state index contributed by atoms with van der Waals surface area (Å²) in [6, 6.07) is 10.7. The zero-order valence-electron chi connectivity index (χ0n) is 12.9. The van der Waals surface area contributed by atoms with Crippen molar-refractivity contribution in [3.63, 3.8) is 0 Å². The van der Waals surface area contributed by atoms with Gasteiger partial charge in [0.25, 0.3) is 0 Å². The van der Waals surface area contributed by atoms with Gasteiger partial charge in [-0.05, 0) is 54.0 Å². The van der Waals surface area contributed by atoms with Crippen LogP contribution < -0.4 is 0 Å². The summed E-state index contributed by atoms with van der Waals surface area (Å²) in [5.74, 6) is 0.669. The molecule has 22 heavy (non-hydrogen) atoms. The first kappa shape index (κ1) is 13.5. The van der Waals surface area contributed by atoms with E-state index in [-0.39, 0.29) is 5.91 Å². The molecule has 3 heteroatoms. The van der Waals surface area contributed by atoms with E-state index in [2.05, 4.69) is 35.3 Å². The van der Waals surface area contributed by atoms with Crippen LogP contribution in [0.1, 0.15) is 46.7 Å². The van der Waals surface area contributed by atoms with Gasteiger partial charge in [0.1, 0.15) is 0 Å². The molecule has 1 aromatic carbocycles. The molecule has 1 amide bonds. The number of benzene rings is 1. The van der Waals surface area contributed by atoms with Crippen LogP contribution in [0.2, 0.25) is 0 Å². The summed E-state index contributed by atoms with van der Waals surface area (Å²) in [7, 11) is 0. The van der Waals surface area contributed by atoms with Crippen molar-refractivity contribution in [3.8, 4) is 0 Å². The van der Waals surface area contributed by atoms with Crippen LogP contribution in [-0.2, 0) is 24.3 Å². The lowest BCUT2D eigenvalue weighted by atomic mass is 9.97. The van der Waals surface area contributed by atoms with Crippen molar-refractivity contribution in [2.45, 2.75) is 45.2 Å². The maximum Gasteiger partial charge on any atom is 0.223 e. The number of aryl methyl sites for hydroxylation is 2. The molecule has 1 aliphatic heterocycles. The zero-order chi connectivity index (χ0) is 15.1. The van der Waals surface area contributed by atoms with E-state index in [4.69, 9.17) is 0 Å². The van der Waals surface area contributed by atoms with Crippen LogP contribution in [-0.4, -0.2) is 15.8 Å². The van der Waals surface area contributed by atoms with Gasteiger partial charge in [0.05, 0.1) is 0 Å². The number of carbonyl (C=O) groups is 1. The van der Waals surface area contributed by atoms with E-state index in [1.807, 2.05) is 18.0 Å². The van der Waals surface area contributed by atoms with Crippen LogP contribution in [0.5, 0.6) is 0 Å². The lowest BCUT2D eigenvalue weighted by Gasteiger charge is -2.18. The van der Waals surface area contributed by atoms with Gasteiger partial charge in [-0.25, -0.2) is 0 Å². The van der Waals surface area contributed by atoms with E-state index < -0.39 is 0 Å². The van der Waals surface area contributed by atoms with E-state index in [0.29, 0.717) is 12.3 Å². The number of nitrogens with zero attached hydrogens (tertiary/aromatic N) is 2. The van der Waals surface area contributed by atoms with Crippen molar-refractivity contribution < 1.29 is 4.79 Å². The molecule has 0 spiro atoms. The molecule has 2 aliphatic rings. The highest BCUT2D eigenvalue weighted by Crippen LogP contribution is 2.36. The van der Waals surface area contributed by atoms with Crippen molar-refractivity contribution in [2.75, 3.05) is 0 Å². The van der Waals surface area contributed by atoms with Gasteiger partial charge in [-0.2, -0.15) is 0 Å². The van der Waals surface area contributed by atoms with Crippen LogP contribution in [0, 0.1) is 6.92 Å². The molecular weight excluding hydrogens is 272 g/mol. The van der Waals surface area contributed by atoms with E-state index >= 15 is 0 Å². The van der Waals surface area contributed by atoms with Crippen molar-refractivity contribution in [1.29, 1.82) is 0 Å². The Labute approximate surface area is 131 Å². The minimum Gasteiger partial charge on any atom is -0.334 e. The fraction of sp³-hybridized carbons (Fsp3) is 0.368. The second kappa shape index (κ2) is 5.24. The third kappa shape index (κ3) is 2.31. The van der Waals surface area contributed by atoms with Crippen LogP contribution >= 0.6 is 0 Å². The summed E-state index contributed by atoms with van der Waals surface area (Å²) in [6.45, 7) is 3.46. The van der Waals surface area contributed by atoms with Gasteiger partial charge >= 0.3 is 0 Å². The zero-order valence-corrected chi connectivity index (χ0v) is 12.9. The molecule has 0 radical (unpaired) electrons. The third-order valence-corrected chi connectivity index (χ3v) is 4.97. The molecule has 3 nitrogen and oxygen atoms in total. The van der Waals surface area contributed by atoms with E-state index in [0.717, 1.165) is 31.6 Å². The molecule has 0 saturated carbocycles. The molecule has 2 heterocycles. The van der Waals surface area contributed by atoms with Gasteiger partial charge in [0.2, 0.25) is 5.91 Å². The molecule has 0 fully saturated rings. The van der Waals surface area contributed by atoms with Crippen LogP contribution in [0.4, 0.5) is 0 Å². The van der Waals surface area contributed by atoms with Crippen LogP contribution in [0.15, 0.2) is 36.5 Å². The average Bonchev–Trinajstić information content (AvgIpc) is 3.11. The second-order valence-corrected chi connectivity index (χ2v) is 6.48. The summed E-state index contributed by atoms with van der Waals surface area (Å²) in [5, 5.41) is 0. The lowest BCUT2D eigenvalue weighted by Crippen LogP contribution is -2.26. The number of amides is 1. The molecule has 1 aromatic heterocycles. The molecule has 2 aromatic rings. The summed E-state index contributed by atoms with van der Waals surface area (Å²) in [5.41, 5.74) is 6.28. The quantitative estimate of drug-likeness (QED) is 0.850. The topological polar surface area (TPSA) is 33.2 Å². The second-order valence-electron chi connectivity index (χ2n) is 6.48. The number of fused-ring (bicyclic) bond motifs is 2. The van der Waals surface area contributed by atoms with Crippen molar-refractivity contribution >= 4 is 5.91 Å². The van der Waals surface area contributed by atoms with Crippen molar-refractivity contribution in [3.05, 3.63) is 64.5 Å². The van der Waals surface area contributed by atoms with Gasteiger partial charge in [-0.1, -0.05) is 24.3 Å². The normalized spacial score (nSPS) is 19.1. The number of pyridine rings is 1. The molecule has 1 unspecified atom stereocenters. The molecule has 1 aliphatic carbocycles. The fourth-order valence-corrected chi connectivity index (χ4v) is 3.78. The van der Waals surface area contributed by atoms with Crippen LogP contribution in [0.25, 0.3) is 0 Å². The Morgan fingerprint density at radius 1 is 1.23 bits per heavy atom. The van der Waals surface area contributed by atoms with Gasteiger partial charge in [0, 0.05) is 31.4 Å². The van der Waals surface area contributed by atoms with E-state index in [1.54, 1.807) is 0 Å². The highest BCUT2D eigenvalue weighted by Gasteiger charge is 2.29. The number of carbonyl (C=O) groups excluding carboxylic acids is 1. The van der Waals surface area contributed by atoms with E-state index in [9.17, 15) is 4.79 Å². The predicted octanol–water partition coefficient (Wildman–Crippen LogP) is 3.35. The molecule has 112 valence electrons. The Hall–Kier alpha value is -2.16. The first-order chi connectivity index (χ1) is 10.7. The van der Waals surface area contributed by atoms with Gasteiger partial charge in [-0.3, -0.25) is 9.78 Å². The Bertz CT molecular complexity index is 738. The average molecular weight is 292 g/mol. The van der Waals surface area contributed by atoms with Gasteiger partial charge < -0.3 is 4.90 Å². The Kier molecular flexibility index (Phi) is 3.21. The number of aromatic nitrogens is 1. The van der Waals surface area contributed by atoms with Crippen LogP contribution in [0.3, 0.4) is 0 Å². The monoisotopic (exact) mass is 292 g/mol. The largest absolute Gasteiger partial charge is 0.334 e. The molecule has 1 atom stereocenters. The highest BCUT2D eigenvalue weighted by molar-refractivity contribution is 5.78. The highest BCUT2D eigenvalue weighted by atomic mass is 16.2. The molecular formula is C19H20N2O. The molecule has 0 bridgehead atoms. The summed E-state index contributed by atoms with van der Waals surface area (Å²) in [4.78, 5) is 19.0. The summed E-state index contributed by atoms with van der Waals surface area (Å²) < 4.78 is 0. The molecule has 4 rings (SSSR count). The maximum absolute atomic E-state index is 12.7. The smallest absolute Gasteiger partial charge is 0.223 e. The van der Waals surface area contributed by atoms with E-state index in [1.165, 1.54) is 22.3 Å². The fourth-order valence-electron chi connectivity index (χ4n) is 3.78. The number of hydrogen-bond acceptors (Lipinski definition) is 2. The van der Waals surface area contributed by atoms with Crippen molar-refractivity contribution in [2.24, 2.45) is 0 Å². The SMILES string of the molecule is Cc1cc2c(cn1)CN(C(=O)CC1CCc3ccccc31)C2. The number of hydrogen-bond donors (Lipinski definition) is 0. The van der Waals surface area contributed by atoms with Gasteiger partial charge in [-0.15, -0.1) is 0 Å². The maximum atomic E-state index is 12.7. The first-order valence-corrected chi connectivity index (χ1v) is 8.00. The Morgan fingerprint density at radius 2 is 2.05 bits per heavy atom. The molecule has 0 N–H and O–H groups in total. The Morgan fingerprint density at radius 3 is 2.95 bits per heavy atom.